The number of nitrogens with two attached hydrogens (primary N) is 4. The number of aliphatic hydroxyl groups is 1. The Balaban J connectivity index is 1.34. The molecule has 0 bridgehead atoms. The van der Waals surface area contributed by atoms with Crippen molar-refractivity contribution in [2.24, 2.45) is 34.8 Å². The normalized spacial score (nSPS) is 24.0. The summed E-state index contributed by atoms with van der Waals surface area (Å²) in [6.07, 6.45) is 0.821. The van der Waals surface area contributed by atoms with Crippen molar-refractivity contribution < 1.29 is 101 Å². The largest absolute Gasteiger partial charge is 0.481 e. The Hall–Kier alpha value is -11.5. The zero-order chi connectivity index (χ0) is 102. The maximum atomic E-state index is 15.7. The van der Waals surface area contributed by atoms with E-state index >= 15 is 28.8 Å². The number of rotatable bonds is 37. The van der Waals surface area contributed by atoms with Crippen molar-refractivity contribution in [2.75, 3.05) is 63.9 Å². The molecule has 5 saturated heterocycles. The van der Waals surface area contributed by atoms with Crippen LogP contribution in [0.4, 0.5) is 0 Å². The molecule has 16 atom stereocenters. The first-order valence-corrected chi connectivity index (χ1v) is 50.7. The van der Waals surface area contributed by atoms with Gasteiger partial charge in [-0.2, -0.15) is 0 Å². The topological polar surface area (TPSA) is 674 Å². The lowest BCUT2D eigenvalue weighted by atomic mass is 10.0. The van der Waals surface area contributed by atoms with Crippen LogP contribution in [0, 0.1) is 17.2 Å². The number of guanidine groups is 1. The first-order chi connectivity index (χ1) is 66.0. The molecule has 2 aromatic carbocycles. The van der Waals surface area contributed by atoms with E-state index in [-0.39, 0.29) is 166 Å². The summed E-state index contributed by atoms with van der Waals surface area (Å²) in [7, 11) is 1.92. The highest BCUT2D eigenvalue weighted by atomic mass is 35.5. The van der Waals surface area contributed by atoms with Gasteiger partial charge in [0, 0.05) is 75.4 Å². The van der Waals surface area contributed by atoms with Gasteiger partial charge >= 0.3 is 5.97 Å². The molecule has 770 valence electrons. The smallest absolute Gasteiger partial charge is 0.303 e. The molecule has 5 fully saturated rings. The summed E-state index contributed by atoms with van der Waals surface area (Å²) < 4.78 is 0. The highest BCUT2D eigenvalue weighted by Gasteiger charge is 2.48. The lowest BCUT2D eigenvalue weighted by Crippen LogP contribution is -2.63. The number of aliphatic carboxylic acids is 1. The van der Waals surface area contributed by atoms with Gasteiger partial charge in [-0.25, -0.2) is 0 Å². The van der Waals surface area contributed by atoms with Crippen LogP contribution in [0.5, 0.6) is 0 Å². The summed E-state index contributed by atoms with van der Waals surface area (Å²) in [5, 5.41) is 66.2. The second kappa shape index (κ2) is 56.7. The van der Waals surface area contributed by atoms with E-state index in [1.807, 2.05) is 6.92 Å². The number of aliphatic hydroxyl groups excluding tert-OH is 1. The minimum Gasteiger partial charge on any atom is -0.481 e. The van der Waals surface area contributed by atoms with Gasteiger partial charge in [0.1, 0.15) is 102 Å². The number of fused-ring (bicyclic) bond motifs is 1. The Bertz CT molecular complexity index is 4640. The molecule has 0 aliphatic carbocycles. The number of hydrogen-bond acceptors (Lipinski definition) is 25. The van der Waals surface area contributed by atoms with Gasteiger partial charge in [0.05, 0.1) is 6.61 Å². The van der Waals surface area contributed by atoms with Gasteiger partial charge in [-0.3, -0.25) is 96.5 Å². The Morgan fingerprint density at radius 3 is 1.75 bits per heavy atom. The second-order valence-corrected chi connectivity index (χ2v) is 40.0. The number of hydrogen-bond donors (Lipinski definition) is 21. The van der Waals surface area contributed by atoms with Crippen LogP contribution in [-0.2, 0) is 104 Å². The quantitative estimate of drug-likeness (QED) is 0.0145. The summed E-state index contributed by atoms with van der Waals surface area (Å²) in [4.78, 5) is 281. The van der Waals surface area contributed by atoms with Gasteiger partial charge in [0.25, 0.3) is 0 Å². The molecule has 25 N–H and O–H groups in total. The number of nitrogens with zero attached hydrogens (tertiary/aromatic N) is 4. The van der Waals surface area contributed by atoms with E-state index in [1.54, 1.807) is 82.3 Å². The number of unbranched alkanes of at least 4 members (excludes halogenated alkanes) is 2. The number of carboxylic acids is 1. The van der Waals surface area contributed by atoms with Crippen molar-refractivity contribution in [3.8, 4) is 0 Å². The molecule has 47 heteroatoms. The minimum atomic E-state index is -1.93. The highest BCUT2D eigenvalue weighted by molar-refractivity contribution is 8.76. The lowest BCUT2D eigenvalue weighted by molar-refractivity contribution is -0.148. The highest BCUT2D eigenvalue weighted by Crippen LogP contribution is 2.30. The average Bonchev–Trinajstić information content (AvgIpc) is 1.68. The summed E-state index contributed by atoms with van der Waals surface area (Å²) in [5.74, 6) is -18.5. The Morgan fingerprint density at radius 2 is 1.14 bits per heavy atom. The molecule has 5 aliphatic heterocycles. The second-order valence-electron chi connectivity index (χ2n) is 37.0. The van der Waals surface area contributed by atoms with Gasteiger partial charge in [-0.05, 0) is 178 Å². The van der Waals surface area contributed by atoms with Crippen LogP contribution in [0.15, 0.2) is 54.6 Å². The number of carboxylic acid groups (broad SMARTS) is 1. The number of carbonyl (C=O) groups excluding carboxylic acids is 18. The molecule has 18 amide bonds. The monoisotopic (exact) mass is 2000 g/mol. The third-order valence-electron chi connectivity index (χ3n) is 24.8. The standard InChI is InChI=1S/C92H142ClN23O21S2/c1-9-10-26-61-86(133)113-40-20-31-70(113)85(132)112-92(7,8)90(137)111-66(49-117)81(128)108-64(47-54-22-12-11-13-23-54)80(127)110-67(82(129)106-62(27-14-15-37-94)87(134)116-43-21-32-71(116)88(135)114-41-18-29-68(114)83(130)101-57(74(96)121)33-34-72(119)120)50-139-138-44-36-60(77(124)107-63(45-51(2)3)78(125)102-58(28-17-39-99-91(97)98)75(122)103-59(35-38-95)76(123)105-61)104-79(126)65(48-55-24-16-25-56(93)46-55)109-84(131)69-30-19-42-115(69)89(136)73(52(4)5)100-53(6)118/h11-13,16,22-25,46,51-52,57-71,73,117H,9-10,14-15,17-21,26-45,47-50,94-95H2,1-8H3,(H2,96,121)(H,100,118)(H,101,130)(H,102,125)(H,103,122)(H,104,126)(H,105,123)(H,106,129)(H,107,124)(H,108,128)(H,109,131)(H,110,127)(H,111,137)(H,112,132)(H,119,120)(H4,97,98,99)/t57-,58-,59-,60?,61-,62?,63-,64-,65-,66-,67-,68-,69-,70-,71-,73-/m0/s1. The van der Waals surface area contributed by atoms with Crippen LogP contribution in [0.3, 0.4) is 0 Å². The SMILES string of the molecule is CCCC[C@@H]1NC(=O)[C@H](CCN)NC(=O)[C@H](CCCNC(=N)N)NC(=O)[C@H](CC(C)C)NC(=O)C(NC(=O)[C@H](Cc2cccc(Cl)c2)NC(=O)[C@@H]2CCCN2C(=O)[C@@H](NC(C)=O)C(C)C)CCSSC[C@@H](C(=O)NC(CCCCN)C(=O)N2CCC[C@H]2C(=O)N2CCC[C@H]2C(=O)N[C@@H](CCC(=O)O)C(N)=O)NC(=O)[C@H](Cc2ccccc2)NC(=O)[C@H](CO)NC(=O)C(C)(C)NC(=O)[C@@H]2CCCN2C1=O. The molecule has 2 aromatic rings. The number of carbonyl (C=O) groups is 19. The van der Waals surface area contributed by atoms with E-state index < -0.39 is 251 Å². The molecule has 5 aliphatic rings. The van der Waals surface area contributed by atoms with Gasteiger partial charge in [0.2, 0.25) is 106 Å². The van der Waals surface area contributed by atoms with Crippen molar-refractivity contribution in [3.63, 3.8) is 0 Å². The van der Waals surface area contributed by atoms with Gasteiger partial charge in [-0.1, -0.05) is 123 Å². The van der Waals surface area contributed by atoms with E-state index in [0.29, 0.717) is 43.2 Å². The Kier molecular flexibility index (Phi) is 46.7. The zero-order valence-electron chi connectivity index (χ0n) is 80.4. The van der Waals surface area contributed by atoms with Crippen molar-refractivity contribution in [3.05, 3.63) is 70.7 Å². The number of amides is 18. The van der Waals surface area contributed by atoms with Crippen LogP contribution in [0.2, 0.25) is 5.02 Å². The van der Waals surface area contributed by atoms with E-state index in [4.69, 9.17) is 39.9 Å². The summed E-state index contributed by atoms with van der Waals surface area (Å²) in [6.45, 7) is 11.6. The van der Waals surface area contributed by atoms with Crippen LogP contribution < -0.4 is 97.4 Å². The van der Waals surface area contributed by atoms with Crippen molar-refractivity contribution in [2.45, 2.75) is 305 Å². The third kappa shape index (κ3) is 35.4. The molecule has 2 unspecified atom stereocenters. The summed E-state index contributed by atoms with van der Waals surface area (Å²) in [6, 6.07) is -8.42. The zero-order valence-corrected chi connectivity index (χ0v) is 82.8. The van der Waals surface area contributed by atoms with Gasteiger partial charge < -0.3 is 127 Å². The van der Waals surface area contributed by atoms with Crippen molar-refractivity contribution >= 4 is 151 Å². The van der Waals surface area contributed by atoms with Gasteiger partial charge in [0.15, 0.2) is 5.96 Å². The predicted molar refractivity (Wildman–Crippen MR) is 518 cm³/mol. The first-order valence-electron chi connectivity index (χ1n) is 47.8. The summed E-state index contributed by atoms with van der Waals surface area (Å²) >= 11 is 6.54. The van der Waals surface area contributed by atoms with E-state index in [0.717, 1.165) is 21.6 Å². The number of likely N-dealkylation sites (tertiary alicyclic amines) is 3. The number of primary amides is 1. The molecule has 0 aromatic heterocycles. The van der Waals surface area contributed by atoms with Crippen LogP contribution >= 0.6 is 33.2 Å². The molecule has 0 saturated carbocycles. The predicted octanol–water partition coefficient (Wildman–Crippen LogP) is -2.42. The fourth-order valence-electron chi connectivity index (χ4n) is 17.3. The summed E-state index contributed by atoms with van der Waals surface area (Å²) in [5.41, 5.74) is 22.3. The number of benzene rings is 2. The van der Waals surface area contributed by atoms with Gasteiger partial charge in [-0.15, -0.1) is 0 Å². The van der Waals surface area contributed by atoms with E-state index in [2.05, 4.69) is 74.4 Å². The van der Waals surface area contributed by atoms with E-state index in [9.17, 15) is 72.5 Å². The molecule has 139 heavy (non-hydrogen) atoms. The van der Waals surface area contributed by atoms with Crippen molar-refractivity contribution in [1.82, 2.24) is 94.0 Å². The van der Waals surface area contributed by atoms with Crippen LogP contribution in [0.1, 0.15) is 201 Å². The molecule has 0 radical (unpaired) electrons. The first kappa shape index (κ1) is 114. The molecular formula is C92H142ClN23O21S2. The molecule has 0 spiro atoms. The Morgan fingerprint density at radius 1 is 0.576 bits per heavy atom. The maximum Gasteiger partial charge on any atom is 0.303 e. The number of halogens is 1. The van der Waals surface area contributed by atoms with E-state index in [1.165, 1.54) is 40.4 Å². The fraction of sp³-hybridized carbons (Fsp3) is 0.652. The van der Waals surface area contributed by atoms with Crippen molar-refractivity contribution in [1.29, 1.82) is 5.41 Å². The van der Waals surface area contributed by atoms with Crippen LogP contribution in [0.25, 0.3) is 0 Å². The third-order valence-corrected chi connectivity index (χ3v) is 27.4. The fourth-order valence-corrected chi connectivity index (χ4v) is 19.7. The molecule has 5 heterocycles. The molecule has 7 rings (SSSR count). The Labute approximate surface area is 822 Å². The lowest BCUT2D eigenvalue weighted by Gasteiger charge is -2.33. The average molecular weight is 2010 g/mol. The molecule has 44 nitrogen and oxygen atoms in total. The van der Waals surface area contributed by atoms with Crippen LogP contribution in [-0.4, -0.2) is 314 Å². The number of nitrogens with one attached hydrogen (secondary N) is 15. The maximum absolute atomic E-state index is 15.7. The minimum absolute atomic E-state index is 0.000105. The molecular weight excluding hydrogens is 1860 g/mol.